The molecule has 0 spiro atoms. The molecule has 144 valence electrons. The Hall–Kier alpha value is -2.44. The van der Waals surface area contributed by atoms with Crippen LogP contribution in [0, 0.1) is 13.8 Å². The SMILES string of the molecule is CCOC(=O)N1CCC(NC(=O)NCCOc2cc(C)cc(C)c2)CC1. The maximum Gasteiger partial charge on any atom is 0.409 e. The molecule has 0 unspecified atom stereocenters. The second-order valence-corrected chi connectivity index (χ2v) is 6.53. The molecule has 2 N–H and O–H groups in total. The van der Waals surface area contributed by atoms with Gasteiger partial charge in [0.2, 0.25) is 0 Å². The number of benzene rings is 1. The molecule has 1 aromatic carbocycles. The van der Waals surface area contributed by atoms with Crippen LogP contribution in [0.3, 0.4) is 0 Å². The van der Waals surface area contributed by atoms with Crippen LogP contribution in [-0.4, -0.2) is 55.9 Å². The Bertz CT molecular complexity index is 593. The summed E-state index contributed by atoms with van der Waals surface area (Å²) in [5, 5.41) is 5.75. The van der Waals surface area contributed by atoms with Crippen molar-refractivity contribution in [2.45, 2.75) is 39.7 Å². The fourth-order valence-corrected chi connectivity index (χ4v) is 3.01. The first kappa shape index (κ1) is 19.9. The van der Waals surface area contributed by atoms with E-state index in [2.05, 4.69) is 16.7 Å². The Morgan fingerprint density at radius 2 is 1.81 bits per heavy atom. The lowest BCUT2D eigenvalue weighted by molar-refractivity contribution is 0.0957. The molecule has 3 amide bonds. The number of ether oxygens (including phenoxy) is 2. The maximum absolute atomic E-state index is 12.0. The predicted molar refractivity (Wildman–Crippen MR) is 99.6 cm³/mol. The van der Waals surface area contributed by atoms with Gasteiger partial charge in [-0.05, 0) is 56.9 Å². The molecule has 1 aromatic rings. The second kappa shape index (κ2) is 9.89. The van der Waals surface area contributed by atoms with Crippen molar-refractivity contribution in [2.75, 3.05) is 32.8 Å². The van der Waals surface area contributed by atoms with Crippen LogP contribution in [0.4, 0.5) is 9.59 Å². The third-order valence-electron chi connectivity index (χ3n) is 4.21. The zero-order chi connectivity index (χ0) is 18.9. The number of hydrogen-bond acceptors (Lipinski definition) is 4. The summed E-state index contributed by atoms with van der Waals surface area (Å²) in [7, 11) is 0. The van der Waals surface area contributed by atoms with Crippen LogP contribution in [0.1, 0.15) is 30.9 Å². The topological polar surface area (TPSA) is 79.9 Å². The highest BCUT2D eigenvalue weighted by molar-refractivity contribution is 5.74. The van der Waals surface area contributed by atoms with E-state index in [1.165, 1.54) is 0 Å². The van der Waals surface area contributed by atoms with Crippen molar-refractivity contribution in [2.24, 2.45) is 0 Å². The van der Waals surface area contributed by atoms with Gasteiger partial charge in [-0.25, -0.2) is 9.59 Å². The van der Waals surface area contributed by atoms with Crippen LogP contribution >= 0.6 is 0 Å². The summed E-state index contributed by atoms with van der Waals surface area (Å²) in [5.74, 6) is 0.816. The number of carbonyl (C=O) groups is 2. The third kappa shape index (κ3) is 6.46. The van der Waals surface area contributed by atoms with Gasteiger partial charge in [0.1, 0.15) is 12.4 Å². The van der Waals surface area contributed by atoms with Gasteiger partial charge < -0.3 is 25.0 Å². The molecule has 7 heteroatoms. The summed E-state index contributed by atoms with van der Waals surface area (Å²) in [6.45, 7) is 8.26. The van der Waals surface area contributed by atoms with Gasteiger partial charge in [0, 0.05) is 19.1 Å². The lowest BCUT2D eigenvalue weighted by Gasteiger charge is -2.31. The molecular weight excluding hydrogens is 334 g/mol. The number of rotatable bonds is 6. The third-order valence-corrected chi connectivity index (χ3v) is 4.21. The standard InChI is InChI=1S/C19H29N3O4/c1-4-25-19(24)22-8-5-16(6-9-22)21-18(23)20-7-10-26-17-12-14(2)11-15(3)13-17/h11-13,16H,4-10H2,1-3H3,(H2,20,21,23). The maximum atomic E-state index is 12.0. The van der Waals surface area contributed by atoms with Crippen molar-refractivity contribution in [1.29, 1.82) is 0 Å². The summed E-state index contributed by atoms with van der Waals surface area (Å²) in [5.41, 5.74) is 2.31. The van der Waals surface area contributed by atoms with Crippen LogP contribution in [0.2, 0.25) is 0 Å². The Morgan fingerprint density at radius 3 is 2.42 bits per heavy atom. The normalized spacial score (nSPS) is 14.7. The van der Waals surface area contributed by atoms with Crippen LogP contribution in [0.25, 0.3) is 0 Å². The molecule has 1 heterocycles. The molecule has 0 radical (unpaired) electrons. The van der Waals surface area contributed by atoms with Gasteiger partial charge in [-0.1, -0.05) is 6.07 Å². The zero-order valence-electron chi connectivity index (χ0n) is 15.8. The molecule has 26 heavy (non-hydrogen) atoms. The summed E-state index contributed by atoms with van der Waals surface area (Å²) in [6, 6.07) is 5.91. The van der Waals surface area contributed by atoms with E-state index in [4.69, 9.17) is 9.47 Å². The zero-order valence-corrected chi connectivity index (χ0v) is 15.8. The van der Waals surface area contributed by atoms with Gasteiger partial charge in [-0.3, -0.25) is 0 Å². The molecule has 0 saturated carbocycles. The van der Waals surface area contributed by atoms with E-state index < -0.39 is 0 Å². The first-order chi connectivity index (χ1) is 12.5. The van der Waals surface area contributed by atoms with E-state index in [1.54, 1.807) is 11.8 Å². The van der Waals surface area contributed by atoms with E-state index in [0.717, 1.165) is 29.7 Å². The second-order valence-electron chi connectivity index (χ2n) is 6.53. The number of likely N-dealkylation sites (tertiary alicyclic amines) is 1. The van der Waals surface area contributed by atoms with Gasteiger partial charge in [0.05, 0.1) is 13.2 Å². The predicted octanol–water partition coefficient (Wildman–Crippen LogP) is 2.60. The largest absolute Gasteiger partial charge is 0.492 e. The molecule has 2 rings (SSSR count). The van der Waals surface area contributed by atoms with Crippen molar-refractivity contribution in [3.8, 4) is 5.75 Å². The summed E-state index contributed by atoms with van der Waals surface area (Å²) in [4.78, 5) is 25.3. The van der Waals surface area contributed by atoms with Gasteiger partial charge in [-0.2, -0.15) is 0 Å². The quantitative estimate of drug-likeness (QED) is 0.762. The number of amides is 3. The molecule has 0 bridgehead atoms. The molecule has 7 nitrogen and oxygen atoms in total. The summed E-state index contributed by atoms with van der Waals surface area (Å²) < 4.78 is 10.7. The Labute approximate surface area is 155 Å². The lowest BCUT2D eigenvalue weighted by atomic mass is 10.1. The van der Waals surface area contributed by atoms with Crippen molar-refractivity contribution in [3.63, 3.8) is 0 Å². The number of carbonyl (C=O) groups excluding carboxylic acids is 2. The highest BCUT2D eigenvalue weighted by Crippen LogP contribution is 2.16. The smallest absolute Gasteiger partial charge is 0.409 e. The van der Waals surface area contributed by atoms with Crippen molar-refractivity contribution in [3.05, 3.63) is 29.3 Å². The van der Waals surface area contributed by atoms with Crippen molar-refractivity contribution < 1.29 is 19.1 Å². The van der Waals surface area contributed by atoms with Gasteiger partial charge >= 0.3 is 12.1 Å². The minimum Gasteiger partial charge on any atom is -0.492 e. The van der Waals surface area contributed by atoms with E-state index in [-0.39, 0.29) is 18.2 Å². The number of urea groups is 1. The Morgan fingerprint density at radius 1 is 1.15 bits per heavy atom. The monoisotopic (exact) mass is 363 g/mol. The number of piperidine rings is 1. The first-order valence-corrected chi connectivity index (χ1v) is 9.15. The van der Waals surface area contributed by atoms with Crippen LogP contribution < -0.4 is 15.4 Å². The van der Waals surface area contributed by atoms with Crippen LogP contribution in [0.15, 0.2) is 18.2 Å². The van der Waals surface area contributed by atoms with Gasteiger partial charge in [0.25, 0.3) is 0 Å². The number of hydrogen-bond donors (Lipinski definition) is 2. The Balaban J connectivity index is 1.61. The lowest BCUT2D eigenvalue weighted by Crippen LogP contribution is -2.49. The molecule has 1 aliphatic heterocycles. The van der Waals surface area contributed by atoms with Crippen molar-refractivity contribution in [1.82, 2.24) is 15.5 Å². The van der Waals surface area contributed by atoms with Gasteiger partial charge in [0.15, 0.2) is 0 Å². The fraction of sp³-hybridized carbons (Fsp3) is 0.579. The minimum atomic E-state index is -0.279. The summed E-state index contributed by atoms with van der Waals surface area (Å²) >= 11 is 0. The highest BCUT2D eigenvalue weighted by atomic mass is 16.6. The Kier molecular flexibility index (Phi) is 7.56. The molecule has 0 aliphatic carbocycles. The minimum absolute atomic E-state index is 0.0704. The molecular formula is C19H29N3O4. The van der Waals surface area contributed by atoms with E-state index in [9.17, 15) is 9.59 Å². The molecule has 1 fully saturated rings. The van der Waals surface area contributed by atoms with E-state index in [1.807, 2.05) is 26.0 Å². The molecule has 0 aromatic heterocycles. The fourth-order valence-electron chi connectivity index (χ4n) is 3.01. The van der Waals surface area contributed by atoms with E-state index >= 15 is 0 Å². The number of aryl methyl sites for hydroxylation is 2. The van der Waals surface area contributed by atoms with E-state index in [0.29, 0.717) is 32.8 Å². The van der Waals surface area contributed by atoms with Gasteiger partial charge in [-0.15, -0.1) is 0 Å². The highest BCUT2D eigenvalue weighted by Gasteiger charge is 2.24. The molecule has 1 saturated heterocycles. The first-order valence-electron chi connectivity index (χ1n) is 9.15. The number of nitrogens with zero attached hydrogens (tertiary/aromatic N) is 1. The van der Waals surface area contributed by atoms with Crippen LogP contribution in [-0.2, 0) is 4.74 Å². The average Bonchev–Trinajstić information content (AvgIpc) is 2.59. The van der Waals surface area contributed by atoms with Crippen LogP contribution in [0.5, 0.6) is 5.75 Å². The number of nitrogens with one attached hydrogen (secondary N) is 2. The summed E-state index contributed by atoms with van der Waals surface area (Å²) in [6.07, 6.45) is 1.18. The average molecular weight is 363 g/mol. The molecule has 1 aliphatic rings. The molecule has 0 atom stereocenters. The van der Waals surface area contributed by atoms with Crippen molar-refractivity contribution >= 4 is 12.1 Å².